The van der Waals surface area contributed by atoms with E-state index in [1.165, 1.54) is 19.3 Å². The highest BCUT2D eigenvalue weighted by atomic mass is 16.5. The molecule has 1 saturated heterocycles. The van der Waals surface area contributed by atoms with Gasteiger partial charge in [0.15, 0.2) is 0 Å². The highest BCUT2D eigenvalue weighted by molar-refractivity contribution is 5.94. The summed E-state index contributed by atoms with van der Waals surface area (Å²) in [4.78, 5) is 25.3. The maximum absolute atomic E-state index is 11.6. The van der Waals surface area contributed by atoms with Crippen molar-refractivity contribution in [3.05, 3.63) is 29.3 Å². The van der Waals surface area contributed by atoms with E-state index in [-0.39, 0.29) is 6.04 Å². The Labute approximate surface area is 200 Å². The number of ether oxygens (including phenoxy) is 1. The van der Waals surface area contributed by atoms with E-state index in [1.807, 2.05) is 13.0 Å². The lowest BCUT2D eigenvalue weighted by atomic mass is 9.46. The molecule has 1 amide bonds. The normalized spacial score (nSPS) is 27.0. The molecule has 4 fully saturated rings. The number of carbonyl (C=O) groups excluding carboxylic acids is 1. The van der Waals surface area contributed by atoms with Gasteiger partial charge in [0.05, 0.1) is 6.61 Å². The number of aryl methyl sites for hydroxylation is 1. The van der Waals surface area contributed by atoms with Crippen molar-refractivity contribution in [3.8, 4) is 6.01 Å². The van der Waals surface area contributed by atoms with Gasteiger partial charge in [0.1, 0.15) is 0 Å². The first kappa shape index (κ1) is 22.8. The van der Waals surface area contributed by atoms with Gasteiger partial charge in [-0.2, -0.15) is 15.0 Å². The topological polar surface area (TPSA) is 127 Å². The number of nitrogens with one attached hydrogen (secondary N) is 3. The molecule has 2 bridgehead atoms. The maximum atomic E-state index is 11.6. The van der Waals surface area contributed by atoms with Crippen molar-refractivity contribution in [2.45, 2.75) is 52.5 Å². The fourth-order valence-corrected chi connectivity index (χ4v) is 5.88. The van der Waals surface area contributed by atoms with Crippen LogP contribution in [0.15, 0.2) is 18.2 Å². The van der Waals surface area contributed by atoms with Crippen molar-refractivity contribution < 1.29 is 9.53 Å². The minimum absolute atomic E-state index is 0.258. The smallest absolute Gasteiger partial charge is 0.323 e. The van der Waals surface area contributed by atoms with Gasteiger partial charge in [0.2, 0.25) is 17.8 Å². The number of primary amides is 1. The second kappa shape index (κ2) is 9.02. The zero-order valence-electron chi connectivity index (χ0n) is 20.2. The Hall–Kier alpha value is -2.94. The van der Waals surface area contributed by atoms with Gasteiger partial charge in [-0.3, -0.25) is 4.79 Å². The molecule has 1 aromatic carbocycles. The number of carbonyl (C=O) groups is 1. The predicted octanol–water partition coefficient (Wildman–Crippen LogP) is 3.25. The van der Waals surface area contributed by atoms with Crippen LogP contribution < -0.4 is 26.4 Å². The number of hydrogen-bond acceptors (Lipinski definition) is 8. The third kappa shape index (κ3) is 4.53. The van der Waals surface area contributed by atoms with Gasteiger partial charge in [0, 0.05) is 23.8 Å². The van der Waals surface area contributed by atoms with E-state index in [0.29, 0.717) is 47.3 Å². The van der Waals surface area contributed by atoms with E-state index >= 15 is 0 Å². The lowest BCUT2D eigenvalue weighted by Crippen LogP contribution is -2.53. The Morgan fingerprint density at radius 1 is 1.21 bits per heavy atom. The zero-order chi connectivity index (χ0) is 23.9. The molecule has 3 saturated carbocycles. The minimum Gasteiger partial charge on any atom is -0.463 e. The number of fused-ring (bicyclic) bond motifs is 2. The number of nitrogens with zero attached hydrogens (tertiary/aromatic N) is 3. The summed E-state index contributed by atoms with van der Waals surface area (Å²) in [6.07, 6.45) is 4.79. The van der Waals surface area contributed by atoms with Gasteiger partial charge < -0.3 is 26.4 Å². The monoisotopic (exact) mass is 465 g/mol. The summed E-state index contributed by atoms with van der Waals surface area (Å²) in [6.45, 7) is 9.18. The average Bonchev–Trinajstić information content (AvgIpc) is 3.32. The van der Waals surface area contributed by atoms with Crippen molar-refractivity contribution in [1.82, 2.24) is 20.3 Å². The summed E-state index contributed by atoms with van der Waals surface area (Å²) in [6, 6.07) is 5.85. The molecule has 9 nitrogen and oxygen atoms in total. The van der Waals surface area contributed by atoms with Crippen molar-refractivity contribution >= 4 is 23.5 Å². The first-order valence-electron chi connectivity index (χ1n) is 12.3. The van der Waals surface area contributed by atoms with Gasteiger partial charge in [0.25, 0.3) is 0 Å². The second-order valence-electron chi connectivity index (χ2n) is 10.6. The zero-order valence-corrected chi connectivity index (χ0v) is 20.2. The number of amides is 1. The van der Waals surface area contributed by atoms with E-state index in [1.54, 1.807) is 12.1 Å². The molecule has 1 aromatic heterocycles. The van der Waals surface area contributed by atoms with E-state index in [4.69, 9.17) is 10.5 Å². The molecule has 9 heteroatoms. The van der Waals surface area contributed by atoms with Gasteiger partial charge in [-0.15, -0.1) is 0 Å². The first-order valence-corrected chi connectivity index (χ1v) is 12.3. The van der Waals surface area contributed by atoms with Crippen LogP contribution in [0, 0.1) is 30.1 Å². The molecular formula is C25H35N7O2. The molecule has 0 unspecified atom stereocenters. The lowest BCUT2D eigenvalue weighted by Gasteiger charge is -2.60. The molecule has 5 N–H and O–H groups in total. The molecule has 4 aliphatic rings. The number of hydrogen-bond donors (Lipinski definition) is 4. The van der Waals surface area contributed by atoms with Gasteiger partial charge in [-0.25, -0.2) is 0 Å². The Morgan fingerprint density at radius 3 is 2.74 bits per heavy atom. The Kier molecular flexibility index (Phi) is 6.06. The fourth-order valence-electron chi connectivity index (χ4n) is 5.88. The fraction of sp³-hybridized carbons (Fsp3) is 0.600. The van der Waals surface area contributed by atoms with E-state index in [9.17, 15) is 4.79 Å². The maximum Gasteiger partial charge on any atom is 0.323 e. The molecule has 3 aliphatic carbocycles. The van der Waals surface area contributed by atoms with Crippen molar-refractivity contribution in [2.75, 3.05) is 30.3 Å². The van der Waals surface area contributed by atoms with Crippen LogP contribution in [-0.2, 0) is 0 Å². The molecule has 6 rings (SSSR count). The molecule has 0 radical (unpaired) electrons. The summed E-state index contributed by atoms with van der Waals surface area (Å²) in [7, 11) is 0. The molecular weight excluding hydrogens is 430 g/mol. The predicted molar refractivity (Wildman–Crippen MR) is 131 cm³/mol. The van der Waals surface area contributed by atoms with E-state index in [0.717, 1.165) is 36.7 Å². The molecule has 2 heterocycles. The lowest BCUT2D eigenvalue weighted by molar-refractivity contribution is -0.114. The van der Waals surface area contributed by atoms with E-state index in [2.05, 4.69) is 44.7 Å². The largest absolute Gasteiger partial charge is 0.463 e. The second-order valence-corrected chi connectivity index (χ2v) is 10.6. The quantitative estimate of drug-likeness (QED) is 0.468. The van der Waals surface area contributed by atoms with Crippen molar-refractivity contribution in [1.29, 1.82) is 0 Å². The van der Waals surface area contributed by atoms with Crippen LogP contribution in [0.1, 0.15) is 55.5 Å². The van der Waals surface area contributed by atoms with Crippen LogP contribution in [0.4, 0.5) is 17.6 Å². The van der Waals surface area contributed by atoms with Crippen LogP contribution in [0.2, 0.25) is 0 Å². The minimum atomic E-state index is -0.479. The van der Waals surface area contributed by atoms with Crippen LogP contribution in [0.3, 0.4) is 0 Å². The number of nitrogens with two attached hydrogens (primary N) is 1. The number of anilines is 3. The van der Waals surface area contributed by atoms with Crippen LogP contribution >= 0.6 is 0 Å². The molecule has 1 aliphatic heterocycles. The molecule has 182 valence electrons. The van der Waals surface area contributed by atoms with Gasteiger partial charge >= 0.3 is 6.01 Å². The summed E-state index contributed by atoms with van der Waals surface area (Å²) in [5.74, 6) is 2.46. The molecule has 4 atom stereocenters. The Morgan fingerprint density at radius 2 is 2.03 bits per heavy atom. The van der Waals surface area contributed by atoms with Gasteiger partial charge in [-0.1, -0.05) is 19.9 Å². The number of rotatable bonds is 8. The van der Waals surface area contributed by atoms with Crippen molar-refractivity contribution in [2.24, 2.45) is 28.9 Å². The summed E-state index contributed by atoms with van der Waals surface area (Å²) in [5.41, 5.74) is 7.96. The van der Waals surface area contributed by atoms with Gasteiger partial charge in [-0.05, 0) is 80.0 Å². The first-order chi connectivity index (χ1) is 16.3. The standard InChI is InChI=1S/C25H35N7O2/c1-14-4-5-15(21(26)33)10-20(14)29-23-30-22(28-18-8-9-27-12-18)31-24(32-23)34-13-16-6-7-17-11-19(16)25(17,2)3/h4-5,10,16-19,27H,6-9,11-13H2,1-3H3,(H2,26,33)(H2,28,29,30,31,32)/t16-,17+,18-,19+/m1/s1. The summed E-state index contributed by atoms with van der Waals surface area (Å²) >= 11 is 0. The third-order valence-electron chi connectivity index (χ3n) is 8.20. The summed E-state index contributed by atoms with van der Waals surface area (Å²) < 4.78 is 6.18. The van der Waals surface area contributed by atoms with Crippen LogP contribution in [-0.4, -0.2) is 46.6 Å². The van der Waals surface area contributed by atoms with Crippen LogP contribution in [0.5, 0.6) is 6.01 Å². The number of aromatic nitrogens is 3. The van der Waals surface area contributed by atoms with Crippen LogP contribution in [0.25, 0.3) is 0 Å². The summed E-state index contributed by atoms with van der Waals surface area (Å²) in [5, 5.41) is 9.98. The highest BCUT2D eigenvalue weighted by Gasteiger charge is 2.54. The third-order valence-corrected chi connectivity index (χ3v) is 8.20. The molecule has 34 heavy (non-hydrogen) atoms. The Balaban J connectivity index is 1.36. The average molecular weight is 466 g/mol. The van der Waals surface area contributed by atoms with Crippen molar-refractivity contribution in [3.63, 3.8) is 0 Å². The SMILES string of the molecule is Cc1ccc(C(N)=O)cc1Nc1nc(N[C@@H]2CCNC2)nc(OC[C@H]2CC[C@H]3C[C@@H]2C3(C)C)n1. The highest BCUT2D eigenvalue weighted by Crippen LogP contribution is 2.61. The molecule has 0 spiro atoms. The molecule has 2 aromatic rings. The Bertz CT molecular complexity index is 1070. The van der Waals surface area contributed by atoms with E-state index < -0.39 is 5.91 Å². The number of benzene rings is 1.